The molecule has 200 valence electrons. The summed E-state index contributed by atoms with van der Waals surface area (Å²) in [6, 6.07) is 0. The molecule has 0 aliphatic carbocycles. The van der Waals surface area contributed by atoms with Crippen molar-refractivity contribution in [2.75, 3.05) is 42.7 Å². The normalized spacial score (nSPS) is 18.4. The average molecular weight is 538 g/mol. The van der Waals surface area contributed by atoms with E-state index in [2.05, 4.69) is 0 Å². The molecule has 0 saturated heterocycles. The largest absolute Gasteiger partial charge is 0.468 e. The maximum Gasteiger partial charge on any atom is 0.339 e. The molecule has 1 atom stereocenters. The lowest BCUT2D eigenvalue weighted by molar-refractivity contribution is -0.143. The van der Waals surface area contributed by atoms with Crippen LogP contribution in [0.3, 0.4) is 0 Å². The van der Waals surface area contributed by atoms with Gasteiger partial charge in [0, 0.05) is 0 Å². The van der Waals surface area contributed by atoms with Gasteiger partial charge < -0.3 is 28.4 Å². The van der Waals surface area contributed by atoms with E-state index in [1.165, 1.54) is 11.6 Å². The van der Waals surface area contributed by atoms with Crippen LogP contribution in [0.1, 0.15) is 13.8 Å². The highest BCUT2D eigenvalue weighted by Gasteiger charge is 2.53. The number of methoxy groups -OCH3 is 6. The van der Waals surface area contributed by atoms with E-state index in [1.807, 2.05) is 0 Å². The highest BCUT2D eigenvalue weighted by atomic mass is 31.2. The van der Waals surface area contributed by atoms with Crippen LogP contribution >= 0.6 is 6.89 Å². The van der Waals surface area contributed by atoms with Gasteiger partial charge in [-0.1, -0.05) is 11.6 Å². The molecule has 2 aliphatic heterocycles. The number of hydrogen-bond donors (Lipinski definition) is 0. The Bertz CT molecular complexity index is 1250. The molecule has 0 N–H and O–H groups in total. The lowest BCUT2D eigenvalue weighted by Gasteiger charge is -2.29. The molecule has 1 spiro atoms. The minimum absolute atomic E-state index is 0.464. The van der Waals surface area contributed by atoms with Gasteiger partial charge in [-0.25, -0.2) is 24.0 Å². The van der Waals surface area contributed by atoms with Crippen molar-refractivity contribution in [3.05, 3.63) is 45.1 Å². The molecule has 2 heterocycles. The summed E-state index contributed by atoms with van der Waals surface area (Å²) in [5.41, 5.74) is -3.57. The Morgan fingerprint density at radius 1 is 0.568 bits per heavy atom. The number of ether oxygens (including phenoxy) is 6. The van der Waals surface area contributed by atoms with Crippen molar-refractivity contribution in [2.45, 2.75) is 19.5 Å². The zero-order valence-electron chi connectivity index (χ0n) is 21.6. The Kier molecular flexibility index (Phi) is 9.05. The molecule has 37 heavy (non-hydrogen) atoms. The molecule has 13 heteroatoms. The van der Waals surface area contributed by atoms with Crippen LogP contribution in [-0.4, -0.2) is 89.4 Å². The number of hydrogen-bond acceptors (Lipinski definition) is 12. The van der Waals surface area contributed by atoms with Gasteiger partial charge in [0.15, 0.2) is 0 Å². The summed E-state index contributed by atoms with van der Waals surface area (Å²) in [5, 5.41) is -0.464. The van der Waals surface area contributed by atoms with E-state index < -0.39 is 75.9 Å². The number of carbonyl (C=O) groups excluding carboxylic acids is 6. The SMILES string of the molecule is COC(=O)C1=C(C(=O)OC)C(C(=O)OC)=P2(C=C(C)C(C)=C2)C(C(=O)OC)C(C(=O)OC)=C1C(=O)OC. The third-order valence-corrected chi connectivity index (χ3v) is 10.0. The highest BCUT2D eigenvalue weighted by molar-refractivity contribution is 7.85. The van der Waals surface area contributed by atoms with Gasteiger partial charge in [0.05, 0.1) is 70.2 Å². The van der Waals surface area contributed by atoms with Crippen LogP contribution < -0.4 is 0 Å². The van der Waals surface area contributed by atoms with Gasteiger partial charge in [-0.05, 0) is 31.9 Å². The Morgan fingerprint density at radius 2 is 0.973 bits per heavy atom. The molecule has 0 bridgehead atoms. The topological polar surface area (TPSA) is 158 Å². The van der Waals surface area contributed by atoms with Crippen LogP contribution in [0.2, 0.25) is 0 Å². The van der Waals surface area contributed by atoms with Gasteiger partial charge in [-0.15, -0.1) is 0 Å². The van der Waals surface area contributed by atoms with Crippen molar-refractivity contribution in [3.8, 4) is 0 Å². The summed E-state index contributed by atoms with van der Waals surface area (Å²) in [6.45, 7) is -0.312. The van der Waals surface area contributed by atoms with Crippen molar-refractivity contribution in [1.29, 1.82) is 0 Å². The first kappa shape index (κ1) is 29.3. The summed E-state index contributed by atoms with van der Waals surface area (Å²) >= 11 is 0. The Morgan fingerprint density at radius 3 is 1.38 bits per heavy atom. The predicted molar refractivity (Wildman–Crippen MR) is 129 cm³/mol. The Balaban J connectivity index is 3.58. The first-order valence-electron chi connectivity index (χ1n) is 10.6. The molecular weight excluding hydrogens is 511 g/mol. The zero-order chi connectivity index (χ0) is 28.2. The molecule has 12 nitrogen and oxygen atoms in total. The van der Waals surface area contributed by atoms with E-state index in [0.717, 1.165) is 42.7 Å². The fourth-order valence-corrected chi connectivity index (χ4v) is 8.91. The number of allylic oxidation sites excluding steroid dienone is 2. The molecule has 0 fully saturated rings. The van der Waals surface area contributed by atoms with Crippen molar-refractivity contribution >= 4 is 48.0 Å². The Labute approximate surface area is 212 Å². The van der Waals surface area contributed by atoms with Gasteiger partial charge in [0.1, 0.15) is 5.66 Å². The molecule has 0 radical (unpaired) electrons. The number of esters is 6. The highest BCUT2D eigenvalue weighted by Crippen LogP contribution is 2.67. The van der Waals surface area contributed by atoms with Crippen LogP contribution in [0.4, 0.5) is 0 Å². The van der Waals surface area contributed by atoms with Gasteiger partial charge in [-0.2, -0.15) is 0 Å². The summed E-state index contributed by atoms with van der Waals surface area (Å²) in [4.78, 5) is 79.9. The van der Waals surface area contributed by atoms with Crippen molar-refractivity contribution in [1.82, 2.24) is 0 Å². The number of rotatable bonds is 6. The smallest absolute Gasteiger partial charge is 0.339 e. The van der Waals surface area contributed by atoms with Gasteiger partial charge in [-0.3, -0.25) is 4.79 Å². The maximum absolute atomic E-state index is 13.5. The molecule has 0 amide bonds. The zero-order valence-corrected chi connectivity index (χ0v) is 22.5. The maximum atomic E-state index is 13.5. The molecular formula is C24H27O12P. The Hall–Kier alpha value is -3.92. The molecule has 0 aromatic carbocycles. The fraction of sp³-hybridized carbons (Fsp3) is 0.375. The third-order valence-electron chi connectivity index (χ3n) is 5.91. The second-order valence-electron chi connectivity index (χ2n) is 7.73. The fourth-order valence-electron chi connectivity index (χ4n) is 4.22. The molecule has 2 rings (SSSR count). The second kappa shape index (κ2) is 11.4. The van der Waals surface area contributed by atoms with Crippen LogP contribution in [0.25, 0.3) is 0 Å². The summed E-state index contributed by atoms with van der Waals surface area (Å²) in [5.74, 6) is -4.13. The van der Waals surface area contributed by atoms with E-state index in [1.54, 1.807) is 13.8 Å². The van der Waals surface area contributed by atoms with E-state index in [4.69, 9.17) is 28.4 Å². The standard InChI is InChI=1S/C24H27O12P/c1-11-9-37(10-12(11)2)17(23(29)35-7)15(21(27)33-5)13(19(25)31-3)14(20(26)32-4)16(22(28)34-6)18(37)24(30)36-8/h9-10,17H,1-8H3. The van der Waals surface area contributed by atoms with Gasteiger partial charge in [0.2, 0.25) is 0 Å². The third kappa shape index (κ3) is 4.76. The van der Waals surface area contributed by atoms with Crippen molar-refractivity contribution in [3.63, 3.8) is 0 Å². The molecule has 0 saturated carbocycles. The minimum Gasteiger partial charge on any atom is -0.468 e. The first-order chi connectivity index (χ1) is 17.4. The monoisotopic (exact) mass is 538 g/mol. The van der Waals surface area contributed by atoms with Crippen LogP contribution in [0.5, 0.6) is 0 Å². The summed E-state index contributed by atoms with van der Waals surface area (Å²) < 4.78 is 29.5. The summed E-state index contributed by atoms with van der Waals surface area (Å²) in [7, 11) is 5.93. The van der Waals surface area contributed by atoms with E-state index in [0.29, 0.717) is 11.1 Å². The van der Waals surface area contributed by atoms with Crippen LogP contribution in [0.15, 0.2) is 45.1 Å². The summed E-state index contributed by atoms with van der Waals surface area (Å²) in [6.07, 6.45) is 0. The lowest BCUT2D eigenvalue weighted by atomic mass is 9.92. The lowest BCUT2D eigenvalue weighted by Crippen LogP contribution is -2.33. The molecule has 1 unspecified atom stereocenters. The van der Waals surface area contributed by atoms with Crippen LogP contribution in [0, 0.1) is 0 Å². The molecule has 2 aliphatic rings. The van der Waals surface area contributed by atoms with E-state index >= 15 is 0 Å². The minimum atomic E-state index is -3.67. The molecule has 0 aromatic heterocycles. The quantitative estimate of drug-likeness (QED) is 0.269. The van der Waals surface area contributed by atoms with Crippen LogP contribution in [-0.2, 0) is 57.2 Å². The van der Waals surface area contributed by atoms with E-state index in [-0.39, 0.29) is 0 Å². The first-order valence-corrected chi connectivity index (χ1v) is 12.5. The van der Waals surface area contributed by atoms with Gasteiger partial charge in [0.25, 0.3) is 0 Å². The second-order valence-corrected chi connectivity index (χ2v) is 10.9. The van der Waals surface area contributed by atoms with Gasteiger partial charge >= 0.3 is 35.8 Å². The average Bonchev–Trinajstić information content (AvgIpc) is 3.14. The number of carbonyl (C=O) groups is 6. The van der Waals surface area contributed by atoms with Crippen molar-refractivity contribution < 1.29 is 57.2 Å². The van der Waals surface area contributed by atoms with E-state index in [9.17, 15) is 28.8 Å². The predicted octanol–water partition coefficient (Wildman–Crippen LogP) is 1.01. The molecule has 0 aromatic rings. The van der Waals surface area contributed by atoms with Crippen molar-refractivity contribution in [2.24, 2.45) is 0 Å².